The van der Waals surface area contributed by atoms with Crippen LogP contribution in [-0.4, -0.2) is 29.4 Å². The van der Waals surface area contributed by atoms with Crippen LogP contribution in [0.1, 0.15) is 32.1 Å². The second-order valence-electron chi connectivity index (χ2n) is 5.47. The topological polar surface area (TPSA) is 49.3 Å². The van der Waals surface area contributed by atoms with Crippen LogP contribution in [0, 0.1) is 5.92 Å². The predicted molar refractivity (Wildman–Crippen MR) is 87.8 cm³/mol. The van der Waals surface area contributed by atoms with Gasteiger partial charge >= 0.3 is 0 Å². The van der Waals surface area contributed by atoms with E-state index >= 15 is 0 Å². The summed E-state index contributed by atoms with van der Waals surface area (Å²) in [5.74, 6) is 1.04. The number of thioether (sulfide) groups is 1. The summed E-state index contributed by atoms with van der Waals surface area (Å²) in [6.45, 7) is 0.603. The van der Waals surface area contributed by atoms with E-state index < -0.39 is 0 Å². The molecule has 1 aliphatic rings. The quantitative estimate of drug-likeness (QED) is 0.786. The SMILES string of the molecule is O=C(CCSc1ccc(Cl)cc1)NCC1CCCCC1O. The highest BCUT2D eigenvalue weighted by Gasteiger charge is 2.23. The number of carbonyl (C=O) groups excluding carboxylic acids is 1. The Bertz CT molecular complexity index is 452. The third-order valence-corrected chi connectivity index (χ3v) is 5.11. The van der Waals surface area contributed by atoms with E-state index in [1.54, 1.807) is 11.8 Å². The molecule has 0 radical (unpaired) electrons. The van der Waals surface area contributed by atoms with Crippen LogP contribution in [0.2, 0.25) is 5.02 Å². The number of hydrogen-bond donors (Lipinski definition) is 2. The van der Waals surface area contributed by atoms with Gasteiger partial charge in [-0.15, -0.1) is 11.8 Å². The summed E-state index contributed by atoms with van der Waals surface area (Å²) in [7, 11) is 0. The Morgan fingerprint density at radius 1 is 1.29 bits per heavy atom. The lowest BCUT2D eigenvalue weighted by molar-refractivity contribution is -0.121. The van der Waals surface area contributed by atoms with Crippen molar-refractivity contribution in [2.45, 2.75) is 43.1 Å². The summed E-state index contributed by atoms with van der Waals surface area (Å²) in [5.41, 5.74) is 0. The largest absolute Gasteiger partial charge is 0.393 e. The molecule has 2 rings (SSSR count). The molecule has 1 amide bonds. The molecule has 1 fully saturated rings. The maximum atomic E-state index is 11.8. The minimum atomic E-state index is -0.248. The fourth-order valence-electron chi connectivity index (χ4n) is 2.55. The van der Waals surface area contributed by atoms with Gasteiger partial charge in [-0.2, -0.15) is 0 Å². The van der Waals surface area contributed by atoms with Crippen molar-refractivity contribution in [3.05, 3.63) is 29.3 Å². The molecule has 0 aliphatic heterocycles. The molecule has 2 N–H and O–H groups in total. The van der Waals surface area contributed by atoms with Crippen LogP contribution < -0.4 is 5.32 Å². The lowest BCUT2D eigenvalue weighted by atomic mass is 9.86. The number of rotatable bonds is 6. The maximum Gasteiger partial charge on any atom is 0.220 e. The van der Waals surface area contributed by atoms with E-state index in [4.69, 9.17) is 11.6 Å². The van der Waals surface area contributed by atoms with Gasteiger partial charge in [-0.1, -0.05) is 24.4 Å². The van der Waals surface area contributed by atoms with E-state index in [2.05, 4.69) is 5.32 Å². The van der Waals surface area contributed by atoms with E-state index in [1.807, 2.05) is 24.3 Å². The number of hydrogen-bond acceptors (Lipinski definition) is 3. The normalized spacial score (nSPS) is 22.0. The Labute approximate surface area is 135 Å². The number of benzene rings is 1. The van der Waals surface area contributed by atoms with Gasteiger partial charge in [0.1, 0.15) is 0 Å². The summed E-state index contributed by atoms with van der Waals surface area (Å²) in [5, 5.41) is 13.5. The molecule has 1 aromatic rings. The van der Waals surface area contributed by atoms with Crippen LogP contribution in [0.4, 0.5) is 0 Å². The van der Waals surface area contributed by atoms with E-state index in [0.29, 0.717) is 13.0 Å². The molecule has 0 bridgehead atoms. The van der Waals surface area contributed by atoms with Gasteiger partial charge < -0.3 is 10.4 Å². The molecule has 2 unspecified atom stereocenters. The van der Waals surface area contributed by atoms with Crippen molar-refractivity contribution in [1.82, 2.24) is 5.32 Å². The highest BCUT2D eigenvalue weighted by Crippen LogP contribution is 2.24. The zero-order valence-electron chi connectivity index (χ0n) is 12.1. The monoisotopic (exact) mass is 327 g/mol. The second kappa shape index (κ2) is 8.66. The smallest absolute Gasteiger partial charge is 0.220 e. The molecule has 0 aromatic heterocycles. The van der Waals surface area contributed by atoms with Gasteiger partial charge in [0, 0.05) is 34.6 Å². The molecule has 1 saturated carbocycles. The molecule has 2 atom stereocenters. The molecule has 3 nitrogen and oxygen atoms in total. The van der Waals surface area contributed by atoms with Gasteiger partial charge in [0.05, 0.1) is 6.10 Å². The van der Waals surface area contributed by atoms with Crippen molar-refractivity contribution < 1.29 is 9.90 Å². The summed E-state index contributed by atoms with van der Waals surface area (Å²) in [6.07, 6.45) is 4.39. The molecule has 116 valence electrons. The van der Waals surface area contributed by atoms with Crippen molar-refractivity contribution in [3.63, 3.8) is 0 Å². The first-order chi connectivity index (χ1) is 10.1. The average Bonchev–Trinajstić information content (AvgIpc) is 2.48. The summed E-state index contributed by atoms with van der Waals surface area (Å²) in [6, 6.07) is 7.63. The highest BCUT2D eigenvalue weighted by molar-refractivity contribution is 7.99. The molecule has 0 saturated heterocycles. The molecule has 1 aromatic carbocycles. The van der Waals surface area contributed by atoms with Gasteiger partial charge in [0.25, 0.3) is 0 Å². The Kier molecular flexibility index (Phi) is 6.87. The molecule has 0 spiro atoms. The van der Waals surface area contributed by atoms with E-state index in [9.17, 15) is 9.90 Å². The van der Waals surface area contributed by atoms with Crippen LogP contribution in [0.5, 0.6) is 0 Å². The van der Waals surface area contributed by atoms with Crippen LogP contribution in [0.15, 0.2) is 29.2 Å². The van der Waals surface area contributed by atoms with Crippen molar-refractivity contribution in [1.29, 1.82) is 0 Å². The Hall–Kier alpha value is -0.710. The molecule has 1 aliphatic carbocycles. The fraction of sp³-hybridized carbons (Fsp3) is 0.562. The third-order valence-electron chi connectivity index (χ3n) is 3.84. The first-order valence-electron chi connectivity index (χ1n) is 7.48. The lowest BCUT2D eigenvalue weighted by Crippen LogP contribution is -2.36. The van der Waals surface area contributed by atoms with E-state index in [1.165, 1.54) is 0 Å². The average molecular weight is 328 g/mol. The van der Waals surface area contributed by atoms with Gasteiger partial charge in [-0.25, -0.2) is 0 Å². The van der Waals surface area contributed by atoms with Crippen LogP contribution in [0.3, 0.4) is 0 Å². The molecule has 5 heteroatoms. The van der Waals surface area contributed by atoms with Crippen LogP contribution in [-0.2, 0) is 4.79 Å². The number of halogens is 1. The van der Waals surface area contributed by atoms with Crippen molar-refractivity contribution in [3.8, 4) is 0 Å². The predicted octanol–water partition coefficient (Wildman–Crippen LogP) is 3.49. The third kappa shape index (κ3) is 5.89. The number of aliphatic hydroxyl groups is 1. The van der Waals surface area contributed by atoms with Crippen molar-refractivity contribution in [2.75, 3.05) is 12.3 Å². The summed E-state index contributed by atoms with van der Waals surface area (Å²) < 4.78 is 0. The Morgan fingerprint density at radius 2 is 2.00 bits per heavy atom. The number of amides is 1. The zero-order valence-corrected chi connectivity index (χ0v) is 13.6. The van der Waals surface area contributed by atoms with Gasteiger partial charge in [-0.05, 0) is 37.1 Å². The first kappa shape index (κ1) is 16.7. The number of aliphatic hydroxyl groups excluding tert-OH is 1. The van der Waals surface area contributed by atoms with Gasteiger partial charge in [0.15, 0.2) is 0 Å². The minimum absolute atomic E-state index is 0.0641. The second-order valence-corrected chi connectivity index (χ2v) is 7.07. The van der Waals surface area contributed by atoms with Crippen molar-refractivity contribution >= 4 is 29.3 Å². The first-order valence-corrected chi connectivity index (χ1v) is 8.84. The minimum Gasteiger partial charge on any atom is -0.393 e. The Balaban J connectivity index is 1.62. The zero-order chi connectivity index (χ0) is 15.1. The van der Waals surface area contributed by atoms with Gasteiger partial charge in [-0.3, -0.25) is 4.79 Å². The molecular formula is C16H22ClNO2S. The van der Waals surface area contributed by atoms with E-state index in [0.717, 1.165) is 41.4 Å². The summed E-state index contributed by atoms with van der Waals surface area (Å²) >= 11 is 7.48. The van der Waals surface area contributed by atoms with Gasteiger partial charge in [0.2, 0.25) is 5.91 Å². The standard InChI is InChI=1S/C16H22ClNO2S/c17-13-5-7-14(8-6-13)21-10-9-16(20)18-11-12-3-1-2-4-15(12)19/h5-8,12,15,19H,1-4,9-11H2,(H,18,20). The summed E-state index contributed by atoms with van der Waals surface area (Å²) in [4.78, 5) is 12.9. The molecule has 0 heterocycles. The number of nitrogens with one attached hydrogen (secondary N) is 1. The highest BCUT2D eigenvalue weighted by atomic mass is 35.5. The van der Waals surface area contributed by atoms with E-state index in [-0.39, 0.29) is 17.9 Å². The maximum absolute atomic E-state index is 11.8. The molecular weight excluding hydrogens is 306 g/mol. The van der Waals surface area contributed by atoms with Crippen LogP contribution >= 0.6 is 23.4 Å². The number of carbonyl (C=O) groups is 1. The fourth-order valence-corrected chi connectivity index (χ4v) is 3.53. The molecule has 21 heavy (non-hydrogen) atoms. The Morgan fingerprint density at radius 3 is 2.71 bits per heavy atom. The van der Waals surface area contributed by atoms with Crippen molar-refractivity contribution in [2.24, 2.45) is 5.92 Å². The lowest BCUT2D eigenvalue weighted by Gasteiger charge is -2.27. The van der Waals surface area contributed by atoms with Crippen LogP contribution in [0.25, 0.3) is 0 Å².